The molecule has 2 aromatic heterocycles. The number of aromatic nitrogens is 4. The van der Waals surface area contributed by atoms with Gasteiger partial charge in [0, 0.05) is 6.07 Å². The number of benzene rings is 2. The van der Waals surface area contributed by atoms with Crippen LogP contribution in [0.4, 0.5) is 8.78 Å². The lowest BCUT2D eigenvalue weighted by atomic mass is 10.2. The molecule has 0 fully saturated rings. The number of aromatic amines is 1. The van der Waals surface area contributed by atoms with E-state index in [-0.39, 0.29) is 16.2 Å². The smallest absolute Gasteiger partial charge is 0.267 e. The fraction of sp³-hybridized carbons (Fsp3) is 0. The van der Waals surface area contributed by atoms with Gasteiger partial charge in [0.25, 0.3) is 5.56 Å². The second-order valence-corrected chi connectivity index (χ2v) is 5.30. The highest BCUT2D eigenvalue weighted by molar-refractivity contribution is 7.71. The minimum Gasteiger partial charge on any atom is -0.268 e. The fourth-order valence-corrected chi connectivity index (χ4v) is 2.82. The van der Waals surface area contributed by atoms with Gasteiger partial charge in [-0.05, 0) is 36.5 Å². The first kappa shape index (κ1) is 13.8. The number of hydrogen-bond acceptors (Lipinski definition) is 3. The number of halogens is 2. The van der Waals surface area contributed by atoms with Gasteiger partial charge in [0.15, 0.2) is 0 Å². The molecule has 0 amide bonds. The Balaban J connectivity index is 2.28. The summed E-state index contributed by atoms with van der Waals surface area (Å²) in [5, 5.41) is 6.96. The minimum absolute atomic E-state index is 0.0962. The predicted molar refractivity (Wildman–Crippen MR) is 83.4 cm³/mol. The number of nitrogens with one attached hydrogen (secondary N) is 1. The number of rotatable bonds is 1. The summed E-state index contributed by atoms with van der Waals surface area (Å²) in [7, 11) is 0. The highest BCUT2D eigenvalue weighted by atomic mass is 32.1. The van der Waals surface area contributed by atoms with Gasteiger partial charge in [0.05, 0.1) is 16.6 Å². The van der Waals surface area contributed by atoms with Crippen LogP contribution in [0, 0.1) is 16.4 Å². The quantitative estimate of drug-likeness (QED) is 0.546. The van der Waals surface area contributed by atoms with Crippen molar-refractivity contribution in [1.29, 1.82) is 0 Å². The third-order valence-electron chi connectivity index (χ3n) is 3.58. The van der Waals surface area contributed by atoms with Crippen LogP contribution in [0.5, 0.6) is 0 Å². The molecule has 5 nitrogen and oxygen atoms in total. The van der Waals surface area contributed by atoms with Crippen molar-refractivity contribution in [1.82, 2.24) is 19.2 Å². The maximum atomic E-state index is 14.2. The van der Waals surface area contributed by atoms with E-state index in [9.17, 15) is 13.6 Å². The number of para-hydroxylation sites is 1. The van der Waals surface area contributed by atoms with E-state index in [0.29, 0.717) is 17.0 Å². The van der Waals surface area contributed by atoms with Gasteiger partial charge in [0.1, 0.15) is 11.6 Å². The van der Waals surface area contributed by atoms with Gasteiger partial charge in [-0.25, -0.2) is 18.4 Å². The van der Waals surface area contributed by atoms with Gasteiger partial charge >= 0.3 is 0 Å². The van der Waals surface area contributed by atoms with Crippen LogP contribution in [0.2, 0.25) is 0 Å². The molecule has 4 rings (SSSR count). The lowest BCUT2D eigenvalue weighted by Crippen LogP contribution is -2.22. The molecule has 0 atom stereocenters. The Labute approximate surface area is 132 Å². The average molecular weight is 330 g/mol. The van der Waals surface area contributed by atoms with E-state index >= 15 is 0 Å². The summed E-state index contributed by atoms with van der Waals surface area (Å²) in [5.41, 5.74) is -0.00113. The molecule has 0 unspecified atom stereocenters. The van der Waals surface area contributed by atoms with Crippen molar-refractivity contribution in [2.75, 3.05) is 0 Å². The van der Waals surface area contributed by atoms with Crippen molar-refractivity contribution in [3.8, 4) is 5.69 Å². The Kier molecular flexibility index (Phi) is 2.88. The SMILES string of the molecule is O=c1c2ccccc2n2c(=S)[nH]nc2n1-c1ccc(F)cc1F. The van der Waals surface area contributed by atoms with Crippen molar-refractivity contribution in [3.63, 3.8) is 0 Å². The molecule has 0 saturated heterocycles. The molecule has 0 aliphatic carbocycles. The molecule has 8 heteroatoms. The van der Waals surface area contributed by atoms with Crippen molar-refractivity contribution in [3.05, 3.63) is 69.2 Å². The van der Waals surface area contributed by atoms with Crippen LogP contribution in [0.25, 0.3) is 22.4 Å². The van der Waals surface area contributed by atoms with Gasteiger partial charge in [0.2, 0.25) is 10.5 Å². The van der Waals surface area contributed by atoms with Crippen molar-refractivity contribution in [2.24, 2.45) is 0 Å². The highest BCUT2D eigenvalue weighted by Crippen LogP contribution is 2.19. The summed E-state index contributed by atoms with van der Waals surface area (Å²) in [6, 6.07) is 9.79. The number of H-pyrrole nitrogens is 1. The van der Waals surface area contributed by atoms with E-state index in [2.05, 4.69) is 10.2 Å². The van der Waals surface area contributed by atoms with E-state index in [1.165, 1.54) is 10.5 Å². The molecule has 4 aromatic rings. The molecule has 2 heterocycles. The lowest BCUT2D eigenvalue weighted by Gasteiger charge is -2.10. The van der Waals surface area contributed by atoms with Crippen LogP contribution in [-0.4, -0.2) is 19.2 Å². The monoisotopic (exact) mass is 330 g/mol. The first-order valence-corrected chi connectivity index (χ1v) is 7.05. The largest absolute Gasteiger partial charge is 0.268 e. The third kappa shape index (κ3) is 1.92. The second-order valence-electron chi connectivity index (χ2n) is 4.92. The molecule has 0 aliphatic heterocycles. The minimum atomic E-state index is -0.863. The Morgan fingerprint density at radius 1 is 1.13 bits per heavy atom. The maximum Gasteiger partial charge on any atom is 0.267 e. The summed E-state index contributed by atoms with van der Waals surface area (Å²) in [6.07, 6.45) is 0. The summed E-state index contributed by atoms with van der Waals surface area (Å²) < 4.78 is 30.2. The Hall–Kier alpha value is -2.87. The number of hydrogen-bond donors (Lipinski definition) is 1. The molecule has 0 saturated carbocycles. The molecule has 2 aromatic carbocycles. The zero-order valence-corrected chi connectivity index (χ0v) is 12.3. The van der Waals surface area contributed by atoms with E-state index in [0.717, 1.165) is 10.6 Å². The molecule has 23 heavy (non-hydrogen) atoms. The highest BCUT2D eigenvalue weighted by Gasteiger charge is 2.17. The molecule has 0 radical (unpaired) electrons. The van der Waals surface area contributed by atoms with Crippen LogP contribution in [0.1, 0.15) is 0 Å². The van der Waals surface area contributed by atoms with Gasteiger partial charge in [-0.2, -0.15) is 0 Å². The Morgan fingerprint density at radius 3 is 2.70 bits per heavy atom. The van der Waals surface area contributed by atoms with Crippen LogP contribution in [-0.2, 0) is 0 Å². The first-order valence-electron chi connectivity index (χ1n) is 6.64. The summed E-state index contributed by atoms with van der Waals surface area (Å²) in [5.74, 6) is -1.46. The van der Waals surface area contributed by atoms with Crippen LogP contribution in [0.15, 0.2) is 47.3 Å². The zero-order chi connectivity index (χ0) is 16.1. The molecular weight excluding hydrogens is 322 g/mol. The van der Waals surface area contributed by atoms with Gasteiger partial charge in [-0.15, -0.1) is 5.10 Å². The van der Waals surface area contributed by atoms with E-state index in [4.69, 9.17) is 12.2 Å². The van der Waals surface area contributed by atoms with Crippen LogP contribution < -0.4 is 5.56 Å². The van der Waals surface area contributed by atoms with E-state index in [1.54, 1.807) is 24.3 Å². The molecular formula is C15H8F2N4OS. The summed E-state index contributed by atoms with van der Waals surface area (Å²) >= 11 is 5.20. The molecule has 114 valence electrons. The zero-order valence-electron chi connectivity index (χ0n) is 11.5. The van der Waals surface area contributed by atoms with Gasteiger partial charge in [-0.3, -0.25) is 9.20 Å². The topological polar surface area (TPSA) is 55.1 Å². The van der Waals surface area contributed by atoms with Gasteiger partial charge in [-0.1, -0.05) is 12.1 Å². The normalized spacial score (nSPS) is 11.4. The van der Waals surface area contributed by atoms with Gasteiger partial charge < -0.3 is 0 Å². The average Bonchev–Trinajstić information content (AvgIpc) is 2.91. The fourth-order valence-electron chi connectivity index (χ4n) is 2.60. The first-order chi connectivity index (χ1) is 11.1. The van der Waals surface area contributed by atoms with Crippen LogP contribution >= 0.6 is 12.2 Å². The molecule has 0 bridgehead atoms. The lowest BCUT2D eigenvalue weighted by molar-refractivity contribution is 0.577. The standard InChI is InChI=1S/C15H8F2N4OS/c16-8-5-6-12(10(17)7-8)20-13(22)9-3-1-2-4-11(9)21-14(20)18-19-15(21)23/h1-7H,(H,19,23). The Bertz CT molecular complexity index is 1190. The van der Waals surface area contributed by atoms with Crippen molar-refractivity contribution < 1.29 is 8.78 Å². The van der Waals surface area contributed by atoms with Crippen LogP contribution in [0.3, 0.4) is 0 Å². The van der Waals surface area contributed by atoms with E-state index in [1.807, 2.05) is 0 Å². The second kappa shape index (κ2) is 4.82. The Morgan fingerprint density at radius 2 is 1.91 bits per heavy atom. The molecule has 1 N–H and O–H groups in total. The van der Waals surface area contributed by atoms with Crippen molar-refractivity contribution >= 4 is 28.9 Å². The third-order valence-corrected chi connectivity index (χ3v) is 3.86. The predicted octanol–water partition coefficient (Wildman–Crippen LogP) is 2.97. The summed E-state index contributed by atoms with van der Waals surface area (Å²) in [6.45, 7) is 0. The molecule has 0 spiro atoms. The number of fused-ring (bicyclic) bond motifs is 3. The summed E-state index contributed by atoms with van der Waals surface area (Å²) in [4.78, 5) is 12.8. The van der Waals surface area contributed by atoms with E-state index < -0.39 is 17.2 Å². The molecule has 0 aliphatic rings. The number of nitrogens with zero attached hydrogens (tertiary/aromatic N) is 3. The maximum absolute atomic E-state index is 14.2. The van der Waals surface area contributed by atoms with Crippen molar-refractivity contribution in [2.45, 2.75) is 0 Å².